The van der Waals surface area contributed by atoms with E-state index in [0.717, 1.165) is 16.9 Å². The van der Waals surface area contributed by atoms with Gasteiger partial charge in [0.25, 0.3) is 0 Å². The van der Waals surface area contributed by atoms with E-state index in [9.17, 15) is 4.39 Å². The molecule has 0 fully saturated rings. The molecule has 0 N–H and O–H groups in total. The fourth-order valence-electron chi connectivity index (χ4n) is 2.32. The van der Waals surface area contributed by atoms with Crippen molar-refractivity contribution in [2.75, 3.05) is 0 Å². The smallest absolute Gasteiger partial charge is 0.123 e. The molecule has 3 aromatic rings. The van der Waals surface area contributed by atoms with Gasteiger partial charge >= 0.3 is 0 Å². The largest absolute Gasteiger partial charge is 0.489 e. The molecule has 0 amide bonds. The number of halogens is 1. The normalized spacial score (nSPS) is 10.1. The van der Waals surface area contributed by atoms with E-state index >= 15 is 0 Å². The van der Waals surface area contributed by atoms with E-state index in [-0.39, 0.29) is 5.82 Å². The molecule has 0 spiro atoms. The van der Waals surface area contributed by atoms with Gasteiger partial charge in [-0.15, -0.1) is 0 Å². The lowest BCUT2D eigenvalue weighted by atomic mass is 10.0. The third kappa shape index (κ3) is 3.56. The lowest BCUT2D eigenvalue weighted by Crippen LogP contribution is -1.95. The second kappa shape index (κ2) is 6.76. The van der Waals surface area contributed by atoms with E-state index in [1.54, 1.807) is 0 Å². The summed E-state index contributed by atoms with van der Waals surface area (Å²) in [5, 5.41) is 9.14. The van der Waals surface area contributed by atoms with Gasteiger partial charge in [0.05, 0.1) is 11.6 Å². The van der Waals surface area contributed by atoms with E-state index < -0.39 is 0 Å². The summed E-state index contributed by atoms with van der Waals surface area (Å²) >= 11 is 0. The molecule has 0 atom stereocenters. The summed E-state index contributed by atoms with van der Waals surface area (Å²) in [7, 11) is 0. The van der Waals surface area contributed by atoms with Gasteiger partial charge < -0.3 is 4.74 Å². The van der Waals surface area contributed by atoms with Crippen molar-refractivity contribution in [3.63, 3.8) is 0 Å². The minimum Gasteiger partial charge on any atom is -0.489 e. The standard InChI is InChI=1S/C20H14FNO/c21-18-9-6-17(13-22)20(12-18)16-7-10-19(11-8-16)23-14-15-4-2-1-3-5-15/h1-12H,14H2. The molecule has 0 heterocycles. The highest BCUT2D eigenvalue weighted by Crippen LogP contribution is 2.26. The molecule has 0 saturated carbocycles. The number of ether oxygens (including phenoxy) is 1. The molecule has 3 aromatic carbocycles. The SMILES string of the molecule is N#Cc1ccc(F)cc1-c1ccc(OCc2ccccc2)cc1. The van der Waals surface area contributed by atoms with Crippen LogP contribution in [-0.4, -0.2) is 0 Å². The van der Waals surface area contributed by atoms with Crippen LogP contribution in [0.5, 0.6) is 5.75 Å². The quantitative estimate of drug-likeness (QED) is 0.683. The molecular weight excluding hydrogens is 289 g/mol. The van der Waals surface area contributed by atoms with Crippen molar-refractivity contribution in [3.05, 3.63) is 89.7 Å². The first-order valence-corrected chi connectivity index (χ1v) is 7.23. The van der Waals surface area contributed by atoms with Crippen LogP contribution in [0.3, 0.4) is 0 Å². The third-order valence-corrected chi connectivity index (χ3v) is 3.52. The maximum atomic E-state index is 13.4. The van der Waals surface area contributed by atoms with Crippen LogP contribution in [0.25, 0.3) is 11.1 Å². The number of nitriles is 1. The van der Waals surface area contributed by atoms with E-state index in [1.165, 1.54) is 18.2 Å². The lowest BCUT2D eigenvalue weighted by molar-refractivity contribution is 0.306. The Balaban J connectivity index is 1.77. The molecule has 0 aliphatic rings. The third-order valence-electron chi connectivity index (χ3n) is 3.52. The van der Waals surface area contributed by atoms with Gasteiger partial charge in [-0.3, -0.25) is 0 Å². The van der Waals surface area contributed by atoms with Crippen molar-refractivity contribution < 1.29 is 9.13 Å². The number of nitrogens with zero attached hydrogens (tertiary/aromatic N) is 1. The van der Waals surface area contributed by atoms with Gasteiger partial charge in [0.15, 0.2) is 0 Å². The zero-order valence-electron chi connectivity index (χ0n) is 12.4. The fraction of sp³-hybridized carbons (Fsp3) is 0.0500. The van der Waals surface area contributed by atoms with E-state index in [4.69, 9.17) is 10.00 Å². The van der Waals surface area contributed by atoms with Crippen LogP contribution in [0.1, 0.15) is 11.1 Å². The minimum atomic E-state index is -0.358. The van der Waals surface area contributed by atoms with Crippen molar-refractivity contribution in [1.82, 2.24) is 0 Å². The zero-order valence-corrected chi connectivity index (χ0v) is 12.4. The molecule has 0 aliphatic heterocycles. The van der Waals surface area contributed by atoms with Crippen LogP contribution >= 0.6 is 0 Å². The summed E-state index contributed by atoms with van der Waals surface area (Å²) in [6.07, 6.45) is 0. The van der Waals surface area contributed by atoms with Crippen LogP contribution in [0.15, 0.2) is 72.8 Å². The summed E-state index contributed by atoms with van der Waals surface area (Å²) < 4.78 is 19.1. The Morgan fingerprint density at radius 3 is 2.35 bits per heavy atom. The summed E-state index contributed by atoms with van der Waals surface area (Å²) in [5.41, 5.74) is 2.91. The molecule has 112 valence electrons. The highest BCUT2D eigenvalue weighted by atomic mass is 19.1. The Morgan fingerprint density at radius 1 is 0.913 bits per heavy atom. The average molecular weight is 303 g/mol. The molecule has 23 heavy (non-hydrogen) atoms. The predicted molar refractivity (Wildman–Crippen MR) is 87.3 cm³/mol. The minimum absolute atomic E-state index is 0.358. The Labute approximate surface area is 134 Å². The molecule has 2 nitrogen and oxygen atoms in total. The van der Waals surface area contributed by atoms with Crippen LogP contribution in [0, 0.1) is 17.1 Å². The van der Waals surface area contributed by atoms with Gasteiger partial charge in [-0.25, -0.2) is 4.39 Å². The molecule has 3 rings (SSSR count). The van der Waals surface area contributed by atoms with Crippen molar-refractivity contribution in [2.45, 2.75) is 6.61 Å². The van der Waals surface area contributed by atoms with Crippen LogP contribution in [0.2, 0.25) is 0 Å². The first kappa shape index (κ1) is 14.8. The van der Waals surface area contributed by atoms with E-state index in [1.807, 2.05) is 54.6 Å². The maximum Gasteiger partial charge on any atom is 0.123 e. The van der Waals surface area contributed by atoms with Crippen molar-refractivity contribution in [1.29, 1.82) is 5.26 Å². The first-order valence-electron chi connectivity index (χ1n) is 7.23. The average Bonchev–Trinajstić information content (AvgIpc) is 2.61. The number of benzene rings is 3. The summed E-state index contributed by atoms with van der Waals surface area (Å²) in [6.45, 7) is 0.490. The van der Waals surface area contributed by atoms with Crippen LogP contribution < -0.4 is 4.74 Å². The molecule has 0 bridgehead atoms. The van der Waals surface area contributed by atoms with Gasteiger partial charge in [-0.05, 0) is 41.5 Å². The highest BCUT2D eigenvalue weighted by molar-refractivity contribution is 5.70. The van der Waals surface area contributed by atoms with Crippen molar-refractivity contribution >= 4 is 0 Å². The second-order valence-corrected chi connectivity index (χ2v) is 5.10. The Kier molecular flexibility index (Phi) is 4.35. The highest BCUT2D eigenvalue weighted by Gasteiger charge is 2.07. The summed E-state index contributed by atoms with van der Waals surface area (Å²) in [4.78, 5) is 0. The molecule has 0 radical (unpaired) electrons. The monoisotopic (exact) mass is 303 g/mol. The predicted octanol–water partition coefficient (Wildman–Crippen LogP) is 4.94. The topological polar surface area (TPSA) is 33.0 Å². The summed E-state index contributed by atoms with van der Waals surface area (Å²) in [6, 6.07) is 23.4. The van der Waals surface area contributed by atoms with Gasteiger partial charge in [-0.1, -0.05) is 42.5 Å². The fourth-order valence-corrected chi connectivity index (χ4v) is 2.32. The number of hydrogen-bond acceptors (Lipinski definition) is 2. The van der Waals surface area contributed by atoms with E-state index in [2.05, 4.69) is 6.07 Å². The van der Waals surface area contributed by atoms with Crippen molar-refractivity contribution in [2.24, 2.45) is 0 Å². The lowest BCUT2D eigenvalue weighted by Gasteiger charge is -2.08. The first-order chi connectivity index (χ1) is 11.3. The molecule has 3 heteroatoms. The van der Waals surface area contributed by atoms with Crippen molar-refractivity contribution in [3.8, 4) is 22.9 Å². The van der Waals surface area contributed by atoms with Gasteiger partial charge in [-0.2, -0.15) is 5.26 Å². The van der Waals surface area contributed by atoms with Crippen LogP contribution in [-0.2, 0) is 6.61 Å². The Hall–Kier alpha value is -3.12. The van der Waals surface area contributed by atoms with Gasteiger partial charge in [0, 0.05) is 5.56 Å². The molecule has 0 aliphatic carbocycles. The summed E-state index contributed by atoms with van der Waals surface area (Å²) in [5.74, 6) is 0.371. The zero-order chi connectivity index (χ0) is 16.1. The maximum absolute atomic E-state index is 13.4. The Bertz CT molecular complexity index is 836. The van der Waals surface area contributed by atoms with E-state index in [0.29, 0.717) is 17.7 Å². The second-order valence-electron chi connectivity index (χ2n) is 5.10. The van der Waals surface area contributed by atoms with Gasteiger partial charge in [0.2, 0.25) is 0 Å². The number of rotatable bonds is 4. The molecular formula is C20H14FNO. The van der Waals surface area contributed by atoms with Crippen LogP contribution in [0.4, 0.5) is 4.39 Å². The molecule has 0 aromatic heterocycles. The van der Waals surface area contributed by atoms with Gasteiger partial charge in [0.1, 0.15) is 18.2 Å². The Morgan fingerprint density at radius 2 is 1.65 bits per heavy atom. The molecule has 0 unspecified atom stereocenters. The molecule has 0 saturated heterocycles. The number of hydrogen-bond donors (Lipinski definition) is 0.